The van der Waals surface area contributed by atoms with Crippen LogP contribution in [0.3, 0.4) is 0 Å². The zero-order chi connectivity index (χ0) is 31.5. The summed E-state index contributed by atoms with van der Waals surface area (Å²) in [7, 11) is 1.48. The van der Waals surface area contributed by atoms with Gasteiger partial charge in [0.15, 0.2) is 0 Å². The fourth-order valence-corrected chi connectivity index (χ4v) is 5.42. The van der Waals surface area contributed by atoms with Gasteiger partial charge in [0.1, 0.15) is 36.7 Å². The molecule has 2 fully saturated rings. The van der Waals surface area contributed by atoms with Gasteiger partial charge in [-0.25, -0.2) is 23.9 Å². The highest BCUT2D eigenvalue weighted by Crippen LogP contribution is 2.38. The van der Waals surface area contributed by atoms with Gasteiger partial charge in [0.25, 0.3) is 11.8 Å². The molecule has 1 aliphatic heterocycles. The molecule has 1 aliphatic carbocycles. The Morgan fingerprint density at radius 3 is 2.56 bits per heavy atom. The average molecular weight is 605 g/mol. The Hall–Kier alpha value is -4.03. The number of carboxylic acids is 1. The third-order valence-electron chi connectivity index (χ3n) is 7.85. The van der Waals surface area contributed by atoms with E-state index in [9.17, 15) is 28.3 Å². The molecule has 0 bridgehead atoms. The maximum absolute atomic E-state index is 14.9. The maximum atomic E-state index is 14.9. The van der Waals surface area contributed by atoms with Crippen molar-refractivity contribution in [2.45, 2.75) is 71.2 Å². The molecule has 13 heteroatoms. The number of carbonyl (C=O) groups excluding carboxylic acids is 2. The fourth-order valence-electron chi connectivity index (χ4n) is 5.42. The summed E-state index contributed by atoms with van der Waals surface area (Å²) >= 11 is 0. The van der Waals surface area contributed by atoms with Crippen molar-refractivity contribution in [1.29, 1.82) is 0 Å². The van der Waals surface area contributed by atoms with Crippen molar-refractivity contribution in [3.63, 3.8) is 0 Å². The number of carboxylic acid groups (broad SMARTS) is 1. The molecule has 11 nitrogen and oxygen atoms in total. The zero-order valence-electron chi connectivity index (χ0n) is 24.9. The van der Waals surface area contributed by atoms with Crippen molar-refractivity contribution in [2.75, 3.05) is 20.3 Å². The number of alkyl carbamates (subject to hydrolysis) is 1. The largest absolute Gasteiger partial charge is 0.497 e. The van der Waals surface area contributed by atoms with E-state index in [4.69, 9.17) is 14.2 Å². The molecule has 234 valence electrons. The molecule has 1 aromatic heterocycles. The minimum Gasteiger partial charge on any atom is -0.497 e. The lowest BCUT2D eigenvalue weighted by Gasteiger charge is -2.34. The number of hydrogen-bond donors (Lipinski definition) is 2. The number of nitrogens with zero attached hydrogens (tertiary/aromatic N) is 3. The van der Waals surface area contributed by atoms with Gasteiger partial charge in [0, 0.05) is 17.9 Å². The van der Waals surface area contributed by atoms with Gasteiger partial charge < -0.3 is 29.5 Å². The molecule has 4 rings (SSSR count). The van der Waals surface area contributed by atoms with Crippen LogP contribution >= 0.6 is 0 Å². The van der Waals surface area contributed by atoms with E-state index in [2.05, 4.69) is 15.3 Å². The van der Waals surface area contributed by atoms with Crippen LogP contribution in [0.2, 0.25) is 0 Å². The number of aromatic nitrogens is 2. The summed E-state index contributed by atoms with van der Waals surface area (Å²) in [5.41, 5.74) is -0.220. The number of hydrogen-bond acceptors (Lipinski definition) is 8. The second-order valence-electron chi connectivity index (χ2n) is 11.9. The maximum Gasteiger partial charge on any atom is 0.408 e. The summed E-state index contributed by atoms with van der Waals surface area (Å²) in [6.45, 7) is 6.23. The van der Waals surface area contributed by atoms with Crippen LogP contribution in [0.5, 0.6) is 11.6 Å². The van der Waals surface area contributed by atoms with E-state index in [1.165, 1.54) is 13.2 Å². The number of ether oxygens (including phenoxy) is 3. The van der Waals surface area contributed by atoms with Crippen LogP contribution in [0.25, 0.3) is 11.0 Å². The third kappa shape index (κ3) is 7.31. The van der Waals surface area contributed by atoms with Crippen molar-refractivity contribution in [1.82, 2.24) is 20.2 Å². The van der Waals surface area contributed by atoms with Crippen LogP contribution in [-0.4, -0.2) is 82.6 Å². The molecule has 1 aromatic carbocycles. The third-order valence-corrected chi connectivity index (χ3v) is 7.85. The number of alkyl halides is 1. The number of fused-ring (bicyclic) bond motifs is 1. The molecule has 0 radical (unpaired) electrons. The molecule has 2 aliphatic rings. The summed E-state index contributed by atoms with van der Waals surface area (Å²) in [6, 6.07) is 2.31. The van der Waals surface area contributed by atoms with Gasteiger partial charge in [-0.3, -0.25) is 4.79 Å². The van der Waals surface area contributed by atoms with E-state index >= 15 is 0 Å². The Balaban J connectivity index is 1.53. The fraction of sp³-hybridized carbons (Fsp3) is 0.567. The molecule has 2 amide bonds. The topological polar surface area (TPSA) is 140 Å². The van der Waals surface area contributed by atoms with Crippen LogP contribution in [0.1, 0.15) is 47.0 Å². The molecular formula is C30H38F2N4O7. The quantitative estimate of drug-likeness (QED) is 0.360. The normalized spacial score (nSPS) is 24.2. The highest BCUT2D eigenvalue weighted by Gasteiger charge is 2.51. The molecule has 0 unspecified atom stereocenters. The SMILES string of the molecule is CC[C@@H]1[C@@H](Oc2nc3cc(OC)ccc3nc2F)CN(C(=O)[C@@H](NC(=O)O[C@@H]2C[C@H]2CC=CCF)C(C)(C)C)[C@@H]1C(=O)O. The summed E-state index contributed by atoms with van der Waals surface area (Å²) in [5.74, 6) is -3.42. The smallest absolute Gasteiger partial charge is 0.408 e. The van der Waals surface area contributed by atoms with Gasteiger partial charge in [0.05, 0.1) is 24.7 Å². The van der Waals surface area contributed by atoms with Crippen LogP contribution in [0, 0.1) is 23.2 Å². The lowest BCUT2D eigenvalue weighted by atomic mass is 9.85. The Morgan fingerprint density at radius 1 is 1.19 bits per heavy atom. The van der Waals surface area contributed by atoms with E-state index in [1.807, 2.05) is 0 Å². The Kier molecular flexibility index (Phi) is 9.71. The van der Waals surface area contributed by atoms with E-state index in [0.29, 0.717) is 30.5 Å². The molecular weight excluding hydrogens is 566 g/mol. The van der Waals surface area contributed by atoms with Gasteiger partial charge in [-0.1, -0.05) is 39.8 Å². The van der Waals surface area contributed by atoms with Crippen molar-refractivity contribution in [3.05, 3.63) is 36.3 Å². The molecule has 2 heterocycles. The molecule has 2 N–H and O–H groups in total. The minimum absolute atomic E-state index is 0.0789. The number of nitrogens with one attached hydrogen (secondary N) is 1. The number of amides is 2. The van der Waals surface area contributed by atoms with Gasteiger partial charge in [-0.05, 0) is 36.8 Å². The lowest BCUT2D eigenvalue weighted by Crippen LogP contribution is -2.57. The standard InChI is InChI=1S/C30H38F2N4O7/c1-6-18-22(42-26-25(32)33-19-11-10-17(41-5)14-20(19)34-26)15-36(23(18)28(38)39)27(37)24(30(2,3)4)35-29(40)43-21-13-16(21)9-7-8-12-31/h7-8,10-11,14,16,18,21-24H,6,9,12-13,15H2,1-5H3,(H,35,40)(H,38,39)/t16-,18-,21-,22+,23+,24-/m1/s1. The molecule has 1 saturated heterocycles. The predicted molar refractivity (Wildman–Crippen MR) is 152 cm³/mol. The van der Waals surface area contributed by atoms with Gasteiger partial charge in [0.2, 0.25) is 5.91 Å². The number of carbonyl (C=O) groups is 3. The number of allylic oxidation sites excluding steroid dienone is 2. The van der Waals surface area contributed by atoms with E-state index < -0.39 is 66.0 Å². The Morgan fingerprint density at radius 2 is 1.93 bits per heavy atom. The Bertz CT molecular complexity index is 1380. The first-order valence-electron chi connectivity index (χ1n) is 14.3. The van der Waals surface area contributed by atoms with Crippen molar-refractivity contribution >= 4 is 29.0 Å². The first-order chi connectivity index (χ1) is 20.4. The first kappa shape index (κ1) is 31.9. The van der Waals surface area contributed by atoms with Crippen molar-refractivity contribution < 1.29 is 42.5 Å². The molecule has 43 heavy (non-hydrogen) atoms. The predicted octanol–water partition coefficient (Wildman–Crippen LogP) is 4.29. The van der Waals surface area contributed by atoms with Crippen molar-refractivity contribution in [3.8, 4) is 11.6 Å². The highest BCUT2D eigenvalue weighted by atomic mass is 19.1. The van der Waals surface area contributed by atoms with Gasteiger partial charge >= 0.3 is 12.1 Å². The molecule has 0 spiro atoms. The van der Waals surface area contributed by atoms with Crippen LogP contribution in [-0.2, 0) is 14.3 Å². The highest BCUT2D eigenvalue weighted by molar-refractivity contribution is 5.90. The van der Waals surface area contributed by atoms with E-state index in [0.717, 1.165) is 4.90 Å². The summed E-state index contributed by atoms with van der Waals surface area (Å²) < 4.78 is 43.8. The first-order valence-corrected chi connectivity index (χ1v) is 14.3. The zero-order valence-corrected chi connectivity index (χ0v) is 24.9. The van der Waals surface area contributed by atoms with E-state index in [-0.39, 0.29) is 24.1 Å². The number of methoxy groups -OCH3 is 1. The number of rotatable bonds is 11. The number of halogens is 2. The van der Waals surface area contributed by atoms with Crippen LogP contribution in [0.4, 0.5) is 13.6 Å². The van der Waals surface area contributed by atoms with Crippen molar-refractivity contribution in [2.24, 2.45) is 17.3 Å². The van der Waals surface area contributed by atoms with E-state index in [1.54, 1.807) is 52.0 Å². The monoisotopic (exact) mass is 604 g/mol. The number of likely N-dealkylation sites (tertiary alicyclic amines) is 1. The van der Waals surface area contributed by atoms with Crippen LogP contribution < -0.4 is 14.8 Å². The minimum atomic E-state index is -1.29. The summed E-state index contributed by atoms with van der Waals surface area (Å²) in [4.78, 5) is 48.5. The summed E-state index contributed by atoms with van der Waals surface area (Å²) in [6.07, 6.45) is 2.54. The molecule has 1 saturated carbocycles. The Labute approximate surface area is 248 Å². The molecule has 2 aromatic rings. The van der Waals surface area contributed by atoms with Gasteiger partial charge in [-0.2, -0.15) is 4.39 Å². The summed E-state index contributed by atoms with van der Waals surface area (Å²) in [5, 5.41) is 12.8. The second-order valence-corrected chi connectivity index (χ2v) is 11.9. The van der Waals surface area contributed by atoms with Crippen LogP contribution in [0.15, 0.2) is 30.4 Å². The second kappa shape index (κ2) is 13.1. The average Bonchev–Trinajstić information content (AvgIpc) is 3.57. The van der Waals surface area contributed by atoms with Gasteiger partial charge in [-0.15, -0.1) is 0 Å². The number of benzene rings is 1. The lowest BCUT2D eigenvalue weighted by molar-refractivity contribution is -0.151. The molecule has 6 atom stereocenters. The number of aliphatic carboxylic acids is 1.